The summed E-state index contributed by atoms with van der Waals surface area (Å²) in [6.45, 7) is 3.94. The summed E-state index contributed by atoms with van der Waals surface area (Å²) >= 11 is 5.82. The molecule has 1 N–H and O–H groups in total. The summed E-state index contributed by atoms with van der Waals surface area (Å²) in [7, 11) is 0. The highest BCUT2D eigenvalue weighted by Crippen LogP contribution is 2.18. The van der Waals surface area contributed by atoms with Gasteiger partial charge in [-0.05, 0) is 25.2 Å². The Hall–Kier alpha value is -2.02. The number of piperidine rings is 1. The Kier molecular flexibility index (Phi) is 5.74. The molecule has 2 amide bonds. The number of carbonyl (C=O) groups excluding carboxylic acids is 1. The molecule has 0 aromatic carbocycles. The summed E-state index contributed by atoms with van der Waals surface area (Å²) in [4.78, 5) is 18.3. The van der Waals surface area contributed by atoms with Crippen molar-refractivity contribution in [3.05, 3.63) is 36.1 Å². The first-order chi connectivity index (χ1) is 11.7. The number of imidazole rings is 1. The number of hydrogen-bond acceptors (Lipinski definition) is 3. The summed E-state index contributed by atoms with van der Waals surface area (Å²) in [6, 6.07) is 0.0313. The van der Waals surface area contributed by atoms with Gasteiger partial charge in [0.15, 0.2) is 0 Å². The maximum atomic E-state index is 12.3. The number of carbonyl (C=O) groups is 1. The fraction of sp³-hybridized carbons (Fsp3) is 0.562. The first-order valence-electron chi connectivity index (χ1n) is 8.37. The van der Waals surface area contributed by atoms with Crippen LogP contribution in [0.2, 0.25) is 5.02 Å². The lowest BCUT2D eigenvalue weighted by molar-refractivity contribution is 0.159. The van der Waals surface area contributed by atoms with Gasteiger partial charge in [-0.15, -0.1) is 0 Å². The van der Waals surface area contributed by atoms with Crippen LogP contribution in [-0.2, 0) is 13.1 Å². The number of halogens is 1. The zero-order valence-electron chi connectivity index (χ0n) is 13.6. The Balaban J connectivity index is 1.38. The van der Waals surface area contributed by atoms with Gasteiger partial charge in [0.2, 0.25) is 0 Å². The summed E-state index contributed by atoms with van der Waals surface area (Å²) in [5.74, 6) is 0.491. The van der Waals surface area contributed by atoms with Crippen molar-refractivity contribution in [2.75, 3.05) is 19.6 Å². The van der Waals surface area contributed by atoms with Gasteiger partial charge in [-0.1, -0.05) is 11.6 Å². The van der Waals surface area contributed by atoms with Crippen LogP contribution in [0.4, 0.5) is 4.79 Å². The fourth-order valence-electron chi connectivity index (χ4n) is 3.10. The predicted octanol–water partition coefficient (Wildman–Crippen LogP) is 2.24. The molecule has 2 aromatic rings. The molecule has 7 nitrogen and oxygen atoms in total. The Bertz CT molecular complexity index is 641. The Morgan fingerprint density at radius 1 is 1.46 bits per heavy atom. The minimum absolute atomic E-state index is 0.0313. The standard InChI is InChI=1S/C16H23ClN6O/c17-15-9-20-23(12-15)7-2-4-19-16(24)22-6-1-3-14(11-22)10-21-8-5-18-13-21/h5,8-9,12-14H,1-4,6-7,10-11H2,(H,19,24)/t14-/m0/s1. The number of aryl methyl sites for hydroxylation is 1. The minimum atomic E-state index is 0.0313. The highest BCUT2D eigenvalue weighted by molar-refractivity contribution is 6.30. The molecule has 3 heterocycles. The van der Waals surface area contributed by atoms with E-state index in [0.29, 0.717) is 17.5 Å². The highest BCUT2D eigenvalue weighted by Gasteiger charge is 2.23. The van der Waals surface area contributed by atoms with Crippen LogP contribution in [0.15, 0.2) is 31.1 Å². The van der Waals surface area contributed by atoms with E-state index in [0.717, 1.165) is 45.4 Å². The number of rotatable bonds is 6. The lowest BCUT2D eigenvalue weighted by Crippen LogP contribution is -2.46. The number of amides is 2. The second-order valence-corrected chi connectivity index (χ2v) is 6.66. The summed E-state index contributed by atoms with van der Waals surface area (Å²) < 4.78 is 3.87. The van der Waals surface area contributed by atoms with E-state index in [1.165, 1.54) is 0 Å². The third-order valence-corrected chi connectivity index (χ3v) is 4.47. The molecule has 1 saturated heterocycles. The molecule has 24 heavy (non-hydrogen) atoms. The van der Waals surface area contributed by atoms with Gasteiger partial charge in [0.05, 0.1) is 17.5 Å². The number of hydrogen-bond donors (Lipinski definition) is 1. The number of nitrogens with zero attached hydrogens (tertiary/aromatic N) is 5. The molecular formula is C16H23ClN6O. The van der Waals surface area contributed by atoms with Crippen LogP contribution >= 0.6 is 11.6 Å². The molecule has 1 aliphatic rings. The zero-order valence-corrected chi connectivity index (χ0v) is 14.4. The van der Waals surface area contributed by atoms with Crippen molar-refractivity contribution in [1.29, 1.82) is 0 Å². The Morgan fingerprint density at radius 3 is 3.12 bits per heavy atom. The van der Waals surface area contributed by atoms with E-state index in [1.807, 2.05) is 17.4 Å². The van der Waals surface area contributed by atoms with Crippen molar-refractivity contribution >= 4 is 17.6 Å². The second-order valence-electron chi connectivity index (χ2n) is 6.22. The molecule has 1 fully saturated rings. The van der Waals surface area contributed by atoms with Gasteiger partial charge >= 0.3 is 6.03 Å². The quantitative estimate of drug-likeness (QED) is 0.812. The van der Waals surface area contributed by atoms with Crippen LogP contribution in [0.1, 0.15) is 19.3 Å². The van der Waals surface area contributed by atoms with Crippen LogP contribution in [0, 0.1) is 5.92 Å². The van der Waals surface area contributed by atoms with Gasteiger partial charge in [-0.2, -0.15) is 5.10 Å². The molecule has 0 unspecified atom stereocenters. The van der Waals surface area contributed by atoms with E-state index in [9.17, 15) is 4.79 Å². The maximum absolute atomic E-state index is 12.3. The molecule has 8 heteroatoms. The Morgan fingerprint density at radius 2 is 2.38 bits per heavy atom. The minimum Gasteiger partial charge on any atom is -0.338 e. The van der Waals surface area contributed by atoms with E-state index >= 15 is 0 Å². The van der Waals surface area contributed by atoms with Crippen molar-refractivity contribution in [3.8, 4) is 0 Å². The molecule has 0 aliphatic carbocycles. The molecule has 130 valence electrons. The smallest absolute Gasteiger partial charge is 0.317 e. The lowest BCUT2D eigenvalue weighted by atomic mass is 9.98. The van der Waals surface area contributed by atoms with Crippen LogP contribution in [0.5, 0.6) is 0 Å². The molecule has 1 atom stereocenters. The zero-order chi connectivity index (χ0) is 16.8. The molecular weight excluding hydrogens is 328 g/mol. The highest BCUT2D eigenvalue weighted by atomic mass is 35.5. The topological polar surface area (TPSA) is 68.0 Å². The SMILES string of the molecule is O=C(NCCCn1cc(Cl)cn1)N1CCC[C@@H](Cn2ccnc2)C1. The lowest BCUT2D eigenvalue weighted by Gasteiger charge is -2.33. The molecule has 2 aromatic heterocycles. The van der Waals surface area contributed by atoms with E-state index < -0.39 is 0 Å². The first kappa shape index (κ1) is 16.8. The monoisotopic (exact) mass is 350 g/mol. The average Bonchev–Trinajstić information content (AvgIpc) is 3.23. The van der Waals surface area contributed by atoms with Gasteiger partial charge in [0, 0.05) is 51.3 Å². The fourth-order valence-corrected chi connectivity index (χ4v) is 3.26. The summed E-state index contributed by atoms with van der Waals surface area (Å²) in [5.41, 5.74) is 0. The van der Waals surface area contributed by atoms with Crippen LogP contribution in [-0.4, -0.2) is 49.9 Å². The maximum Gasteiger partial charge on any atom is 0.317 e. The first-order valence-corrected chi connectivity index (χ1v) is 8.75. The van der Waals surface area contributed by atoms with Crippen molar-refractivity contribution in [1.82, 2.24) is 29.5 Å². The third kappa shape index (κ3) is 4.74. The van der Waals surface area contributed by atoms with Gasteiger partial charge in [0.25, 0.3) is 0 Å². The van der Waals surface area contributed by atoms with Crippen molar-refractivity contribution in [3.63, 3.8) is 0 Å². The van der Waals surface area contributed by atoms with Gasteiger partial charge in [0.1, 0.15) is 0 Å². The molecule has 0 radical (unpaired) electrons. The summed E-state index contributed by atoms with van der Waals surface area (Å²) in [5, 5.41) is 7.76. The predicted molar refractivity (Wildman–Crippen MR) is 91.8 cm³/mol. The van der Waals surface area contributed by atoms with E-state index in [1.54, 1.807) is 23.3 Å². The number of aromatic nitrogens is 4. The van der Waals surface area contributed by atoms with Crippen LogP contribution in [0.25, 0.3) is 0 Å². The van der Waals surface area contributed by atoms with Crippen LogP contribution < -0.4 is 5.32 Å². The largest absolute Gasteiger partial charge is 0.338 e. The molecule has 1 aliphatic heterocycles. The third-order valence-electron chi connectivity index (χ3n) is 4.28. The summed E-state index contributed by atoms with van der Waals surface area (Å²) in [6.07, 6.45) is 12.0. The normalized spacial score (nSPS) is 17.9. The van der Waals surface area contributed by atoms with E-state index in [4.69, 9.17) is 11.6 Å². The molecule has 0 spiro atoms. The number of likely N-dealkylation sites (tertiary alicyclic amines) is 1. The molecule has 0 saturated carbocycles. The van der Waals surface area contributed by atoms with Crippen molar-refractivity contribution in [2.45, 2.75) is 32.4 Å². The van der Waals surface area contributed by atoms with E-state index in [-0.39, 0.29) is 6.03 Å². The average molecular weight is 351 g/mol. The molecule has 3 rings (SSSR count). The van der Waals surface area contributed by atoms with Gasteiger partial charge in [-0.25, -0.2) is 9.78 Å². The number of urea groups is 1. The van der Waals surface area contributed by atoms with Gasteiger partial charge in [-0.3, -0.25) is 4.68 Å². The molecule has 0 bridgehead atoms. The van der Waals surface area contributed by atoms with Crippen molar-refractivity contribution in [2.24, 2.45) is 5.92 Å². The number of nitrogens with one attached hydrogen (secondary N) is 1. The van der Waals surface area contributed by atoms with E-state index in [2.05, 4.69) is 20.0 Å². The van der Waals surface area contributed by atoms with Gasteiger partial charge < -0.3 is 14.8 Å². The second kappa shape index (κ2) is 8.19. The van der Waals surface area contributed by atoms with Crippen molar-refractivity contribution < 1.29 is 4.79 Å². The Labute approximate surface area is 146 Å². The van der Waals surface area contributed by atoms with Crippen LogP contribution in [0.3, 0.4) is 0 Å².